The number of ether oxygens (including phenoxy) is 2. The van der Waals surface area contributed by atoms with Crippen LogP contribution < -0.4 is 4.74 Å². The first-order valence-electron chi connectivity index (χ1n) is 9.40. The number of hydrogen-bond donors (Lipinski definition) is 0. The SMILES string of the molecule is CCOCC1CCCN(C(=O)COc2ccc(-c3ccccc3)cc2)C1. The molecule has 0 bridgehead atoms. The fraction of sp³-hybridized carbons (Fsp3) is 0.409. The summed E-state index contributed by atoms with van der Waals surface area (Å²) in [5.74, 6) is 1.22. The lowest BCUT2D eigenvalue weighted by molar-refractivity contribution is -0.135. The molecule has 4 heteroatoms. The first-order chi connectivity index (χ1) is 12.8. The Labute approximate surface area is 155 Å². The number of amides is 1. The summed E-state index contributed by atoms with van der Waals surface area (Å²) in [4.78, 5) is 14.3. The molecule has 2 aromatic carbocycles. The number of nitrogens with zero attached hydrogens (tertiary/aromatic N) is 1. The van der Waals surface area contributed by atoms with Crippen molar-refractivity contribution in [2.75, 3.05) is 32.9 Å². The summed E-state index contributed by atoms with van der Waals surface area (Å²) >= 11 is 0. The molecule has 1 aliphatic rings. The first kappa shape index (κ1) is 18.5. The lowest BCUT2D eigenvalue weighted by Crippen LogP contribution is -2.43. The summed E-state index contributed by atoms with van der Waals surface area (Å²) in [6.45, 7) is 5.15. The predicted octanol–water partition coefficient (Wildman–Crippen LogP) is 4.01. The molecule has 138 valence electrons. The molecule has 0 saturated carbocycles. The van der Waals surface area contributed by atoms with Gasteiger partial charge in [-0.3, -0.25) is 4.79 Å². The summed E-state index contributed by atoms with van der Waals surface area (Å²) in [7, 11) is 0. The van der Waals surface area contributed by atoms with E-state index in [0.29, 0.717) is 5.92 Å². The van der Waals surface area contributed by atoms with Crippen molar-refractivity contribution in [1.29, 1.82) is 0 Å². The first-order valence-corrected chi connectivity index (χ1v) is 9.40. The van der Waals surface area contributed by atoms with Crippen LogP contribution in [-0.4, -0.2) is 43.7 Å². The van der Waals surface area contributed by atoms with E-state index in [1.807, 2.05) is 54.3 Å². The van der Waals surface area contributed by atoms with Gasteiger partial charge in [0.15, 0.2) is 6.61 Å². The van der Waals surface area contributed by atoms with Gasteiger partial charge in [-0.25, -0.2) is 0 Å². The Balaban J connectivity index is 1.49. The summed E-state index contributed by atoms with van der Waals surface area (Å²) in [6.07, 6.45) is 2.17. The van der Waals surface area contributed by atoms with Crippen LogP contribution in [-0.2, 0) is 9.53 Å². The van der Waals surface area contributed by atoms with E-state index >= 15 is 0 Å². The van der Waals surface area contributed by atoms with Crippen molar-refractivity contribution in [3.05, 3.63) is 54.6 Å². The van der Waals surface area contributed by atoms with Crippen LogP contribution in [0.3, 0.4) is 0 Å². The van der Waals surface area contributed by atoms with Crippen molar-refractivity contribution in [3.8, 4) is 16.9 Å². The average Bonchev–Trinajstić information content (AvgIpc) is 2.71. The van der Waals surface area contributed by atoms with E-state index in [1.165, 1.54) is 5.56 Å². The van der Waals surface area contributed by atoms with Gasteiger partial charge in [0.25, 0.3) is 5.91 Å². The molecule has 1 unspecified atom stereocenters. The van der Waals surface area contributed by atoms with E-state index < -0.39 is 0 Å². The molecule has 4 nitrogen and oxygen atoms in total. The van der Waals surface area contributed by atoms with Crippen LogP contribution in [0.1, 0.15) is 19.8 Å². The third kappa shape index (κ3) is 5.09. The number of carbonyl (C=O) groups is 1. The van der Waals surface area contributed by atoms with Gasteiger partial charge in [0.05, 0.1) is 6.61 Å². The van der Waals surface area contributed by atoms with Gasteiger partial charge in [-0.1, -0.05) is 42.5 Å². The quantitative estimate of drug-likeness (QED) is 0.755. The third-order valence-corrected chi connectivity index (χ3v) is 4.75. The highest BCUT2D eigenvalue weighted by molar-refractivity contribution is 5.78. The van der Waals surface area contributed by atoms with Crippen molar-refractivity contribution >= 4 is 5.91 Å². The van der Waals surface area contributed by atoms with Gasteiger partial charge < -0.3 is 14.4 Å². The van der Waals surface area contributed by atoms with Crippen LogP contribution in [0, 0.1) is 5.92 Å². The van der Waals surface area contributed by atoms with Crippen molar-refractivity contribution < 1.29 is 14.3 Å². The van der Waals surface area contributed by atoms with Crippen LogP contribution in [0.15, 0.2) is 54.6 Å². The number of carbonyl (C=O) groups excluding carboxylic acids is 1. The Hall–Kier alpha value is -2.33. The van der Waals surface area contributed by atoms with Crippen molar-refractivity contribution in [3.63, 3.8) is 0 Å². The van der Waals surface area contributed by atoms with E-state index in [1.54, 1.807) is 0 Å². The Morgan fingerprint density at radius 2 is 1.81 bits per heavy atom. The Morgan fingerprint density at radius 1 is 1.08 bits per heavy atom. The maximum absolute atomic E-state index is 12.4. The Bertz CT molecular complexity index is 684. The molecule has 0 radical (unpaired) electrons. The van der Waals surface area contributed by atoms with E-state index in [-0.39, 0.29) is 12.5 Å². The summed E-state index contributed by atoms with van der Waals surface area (Å²) in [5.41, 5.74) is 2.31. The highest BCUT2D eigenvalue weighted by Gasteiger charge is 2.23. The fourth-order valence-corrected chi connectivity index (χ4v) is 3.32. The molecular formula is C22H27NO3. The largest absolute Gasteiger partial charge is 0.484 e. The second kappa shape index (κ2) is 9.39. The monoisotopic (exact) mass is 353 g/mol. The lowest BCUT2D eigenvalue weighted by atomic mass is 9.99. The lowest BCUT2D eigenvalue weighted by Gasteiger charge is -2.32. The molecule has 26 heavy (non-hydrogen) atoms. The smallest absolute Gasteiger partial charge is 0.260 e. The highest BCUT2D eigenvalue weighted by Crippen LogP contribution is 2.22. The molecule has 1 amide bonds. The topological polar surface area (TPSA) is 38.8 Å². The number of rotatable bonds is 7. The van der Waals surface area contributed by atoms with Crippen molar-refractivity contribution in [1.82, 2.24) is 4.90 Å². The van der Waals surface area contributed by atoms with E-state index in [0.717, 1.165) is 50.5 Å². The molecule has 1 fully saturated rings. The fourth-order valence-electron chi connectivity index (χ4n) is 3.32. The maximum atomic E-state index is 12.4. The van der Waals surface area contributed by atoms with E-state index in [2.05, 4.69) is 12.1 Å². The molecule has 1 saturated heterocycles. The van der Waals surface area contributed by atoms with Crippen LogP contribution in [0.5, 0.6) is 5.75 Å². The molecule has 1 heterocycles. The van der Waals surface area contributed by atoms with Crippen molar-refractivity contribution in [2.45, 2.75) is 19.8 Å². The zero-order valence-electron chi connectivity index (χ0n) is 15.4. The summed E-state index contributed by atoms with van der Waals surface area (Å²) < 4.78 is 11.2. The van der Waals surface area contributed by atoms with Gasteiger partial charge in [0, 0.05) is 19.7 Å². The minimum Gasteiger partial charge on any atom is -0.484 e. The molecule has 1 aliphatic heterocycles. The molecule has 2 aromatic rings. The van der Waals surface area contributed by atoms with E-state index in [4.69, 9.17) is 9.47 Å². The number of likely N-dealkylation sites (tertiary alicyclic amines) is 1. The number of piperidine rings is 1. The molecular weight excluding hydrogens is 326 g/mol. The second-order valence-corrected chi connectivity index (χ2v) is 6.69. The zero-order chi connectivity index (χ0) is 18.2. The zero-order valence-corrected chi connectivity index (χ0v) is 15.4. The van der Waals surface area contributed by atoms with Gasteiger partial charge in [0.1, 0.15) is 5.75 Å². The highest BCUT2D eigenvalue weighted by atomic mass is 16.5. The van der Waals surface area contributed by atoms with E-state index in [9.17, 15) is 4.79 Å². The number of benzene rings is 2. The maximum Gasteiger partial charge on any atom is 0.260 e. The molecule has 0 spiro atoms. The van der Waals surface area contributed by atoms with Gasteiger partial charge in [-0.2, -0.15) is 0 Å². The summed E-state index contributed by atoms with van der Waals surface area (Å²) in [6, 6.07) is 18.1. The predicted molar refractivity (Wildman–Crippen MR) is 103 cm³/mol. The molecule has 0 N–H and O–H groups in total. The van der Waals surface area contributed by atoms with Crippen LogP contribution in [0.2, 0.25) is 0 Å². The third-order valence-electron chi connectivity index (χ3n) is 4.75. The average molecular weight is 353 g/mol. The van der Waals surface area contributed by atoms with Crippen molar-refractivity contribution in [2.24, 2.45) is 5.92 Å². The second-order valence-electron chi connectivity index (χ2n) is 6.69. The minimum atomic E-state index is 0.0540. The van der Waals surface area contributed by atoms with Gasteiger partial charge in [-0.05, 0) is 48.9 Å². The number of hydrogen-bond acceptors (Lipinski definition) is 3. The normalized spacial score (nSPS) is 17.1. The van der Waals surface area contributed by atoms with Crippen LogP contribution >= 0.6 is 0 Å². The molecule has 0 aliphatic carbocycles. The molecule has 0 aromatic heterocycles. The summed E-state index contributed by atoms with van der Waals surface area (Å²) in [5, 5.41) is 0. The van der Waals surface area contributed by atoms with Gasteiger partial charge in [-0.15, -0.1) is 0 Å². The van der Waals surface area contributed by atoms with Gasteiger partial charge >= 0.3 is 0 Å². The van der Waals surface area contributed by atoms with Crippen LogP contribution in [0.25, 0.3) is 11.1 Å². The standard InChI is InChI=1S/C22H27NO3/c1-2-25-16-18-7-6-14-23(15-18)22(24)17-26-21-12-10-20(11-13-21)19-8-4-3-5-9-19/h3-5,8-13,18H,2,6-7,14-17H2,1H3. The Morgan fingerprint density at radius 3 is 2.54 bits per heavy atom. The molecule has 1 atom stereocenters. The molecule has 3 rings (SSSR count). The van der Waals surface area contributed by atoms with Gasteiger partial charge in [0.2, 0.25) is 0 Å². The van der Waals surface area contributed by atoms with Crippen LogP contribution in [0.4, 0.5) is 0 Å². The Kier molecular flexibility index (Phi) is 6.67. The minimum absolute atomic E-state index is 0.0540.